The van der Waals surface area contributed by atoms with Gasteiger partial charge in [-0.05, 0) is 35.4 Å². The van der Waals surface area contributed by atoms with E-state index in [0.29, 0.717) is 24.3 Å². The van der Waals surface area contributed by atoms with Crippen LogP contribution in [0.25, 0.3) is 0 Å². The van der Waals surface area contributed by atoms with Crippen molar-refractivity contribution in [3.63, 3.8) is 0 Å². The van der Waals surface area contributed by atoms with Crippen LogP contribution < -0.4 is 28.4 Å². The number of methoxy groups -OCH3 is 4. The van der Waals surface area contributed by atoms with Gasteiger partial charge in [0.15, 0.2) is 23.0 Å². The molecule has 18 nitrogen and oxygen atoms in total. The fourth-order valence-electron chi connectivity index (χ4n) is 7.16. The molecular weight excluding hydrogens is 696 g/mol. The molecule has 14 atom stereocenters. The van der Waals surface area contributed by atoms with Gasteiger partial charge in [-0.3, -0.25) is 0 Å². The molecule has 0 amide bonds. The summed E-state index contributed by atoms with van der Waals surface area (Å²) in [5.74, 6) is 0.683. The van der Waals surface area contributed by atoms with E-state index in [9.17, 15) is 40.9 Å². The Kier molecular flexibility index (Phi) is 11.8. The Hall–Kier alpha value is -3.24. The number of rotatable bonds is 12. The highest BCUT2D eigenvalue weighted by molar-refractivity contribution is 5.56. The molecular formula is C34H46O18. The van der Waals surface area contributed by atoms with E-state index in [0.717, 1.165) is 0 Å². The SMILES string of the molecule is COc1cc([C@H]2OC[C@H]3[C@@H]2CO[C@H]3c2cc(OC)c(O[C@H]3O[C@H](CO)[C@@H](O)[C@H](O)[C@H]3O)c(OC)c2)cc(OC)c1O[C@H]1O[C@H](CO)[C@@H](O)[C@H](O)[C@H]1O. The van der Waals surface area contributed by atoms with Crippen LogP contribution in [0.1, 0.15) is 23.3 Å². The average Bonchev–Trinajstić information content (AvgIpc) is 3.78. The lowest BCUT2D eigenvalue weighted by atomic mass is 9.84. The number of aliphatic hydroxyl groups is 8. The predicted octanol–water partition coefficient (Wildman–Crippen LogP) is -1.85. The third kappa shape index (κ3) is 6.94. The number of hydrogen-bond acceptors (Lipinski definition) is 18. The van der Waals surface area contributed by atoms with E-state index in [4.69, 9.17) is 47.4 Å². The van der Waals surface area contributed by atoms with Crippen molar-refractivity contribution in [1.29, 1.82) is 0 Å². The maximum atomic E-state index is 10.5. The van der Waals surface area contributed by atoms with Gasteiger partial charge >= 0.3 is 0 Å². The number of benzene rings is 2. The summed E-state index contributed by atoms with van der Waals surface area (Å²) < 4.78 is 58.0. The molecule has 6 rings (SSSR count). The molecule has 4 saturated heterocycles. The largest absolute Gasteiger partial charge is 0.493 e. The Morgan fingerprint density at radius 3 is 1.13 bits per heavy atom. The molecule has 8 N–H and O–H groups in total. The zero-order chi connectivity index (χ0) is 37.4. The molecule has 4 fully saturated rings. The van der Waals surface area contributed by atoms with Crippen LogP contribution in [0, 0.1) is 11.8 Å². The van der Waals surface area contributed by atoms with Gasteiger partial charge in [-0.15, -0.1) is 0 Å². The quantitative estimate of drug-likeness (QED) is 0.119. The third-order valence-electron chi connectivity index (χ3n) is 10.1. The summed E-state index contributed by atoms with van der Waals surface area (Å²) >= 11 is 0. The van der Waals surface area contributed by atoms with Crippen molar-refractivity contribution in [3.05, 3.63) is 35.4 Å². The van der Waals surface area contributed by atoms with Gasteiger partial charge in [0.2, 0.25) is 24.1 Å². The normalized spacial score (nSPS) is 37.3. The predicted molar refractivity (Wildman–Crippen MR) is 172 cm³/mol. The van der Waals surface area contributed by atoms with E-state index < -0.39 is 86.8 Å². The highest BCUT2D eigenvalue weighted by Gasteiger charge is 2.50. The van der Waals surface area contributed by atoms with Crippen molar-refractivity contribution >= 4 is 0 Å². The summed E-state index contributed by atoms with van der Waals surface area (Å²) in [7, 11) is 5.66. The van der Waals surface area contributed by atoms with Crippen LogP contribution in [-0.4, -0.2) is 157 Å². The zero-order valence-electron chi connectivity index (χ0n) is 28.9. The van der Waals surface area contributed by atoms with Gasteiger partial charge in [0.05, 0.1) is 67.1 Å². The summed E-state index contributed by atoms with van der Waals surface area (Å²) in [6.45, 7) is -0.604. The van der Waals surface area contributed by atoms with E-state index in [1.54, 1.807) is 24.3 Å². The van der Waals surface area contributed by atoms with Crippen molar-refractivity contribution < 1.29 is 88.2 Å². The molecule has 2 aromatic carbocycles. The van der Waals surface area contributed by atoms with Crippen LogP contribution in [0.5, 0.6) is 34.5 Å². The highest BCUT2D eigenvalue weighted by Crippen LogP contribution is 2.54. The molecule has 2 aromatic rings. The summed E-state index contributed by atoms with van der Waals surface area (Å²) in [5.41, 5.74) is 1.37. The molecule has 290 valence electrons. The summed E-state index contributed by atoms with van der Waals surface area (Å²) in [4.78, 5) is 0. The van der Waals surface area contributed by atoms with Gasteiger partial charge < -0.3 is 88.2 Å². The number of aliphatic hydroxyl groups excluding tert-OH is 8. The second-order valence-electron chi connectivity index (χ2n) is 13.0. The van der Waals surface area contributed by atoms with Crippen LogP contribution >= 0.6 is 0 Å². The molecule has 0 bridgehead atoms. The topological polar surface area (TPSA) is 254 Å². The highest BCUT2D eigenvalue weighted by atomic mass is 16.7. The van der Waals surface area contributed by atoms with Crippen LogP contribution in [0.15, 0.2) is 24.3 Å². The number of fused-ring (bicyclic) bond motifs is 1. The molecule has 4 heterocycles. The molecule has 0 unspecified atom stereocenters. The fraction of sp³-hybridized carbons (Fsp3) is 0.647. The standard InChI is InChI=1S/C34H46O18/c1-43-17-5-13(6-18(44-2)31(17)51-33-27(41)25(39)23(37)21(9-35)49-33)29-15-11-48-30(16(15)12-47-29)14-7-19(45-3)32(20(8-14)46-4)52-34-28(42)26(40)24(38)22(10-36)50-34/h5-8,15-16,21-30,33-42H,9-12H2,1-4H3/t15-,16-,21+,22+,23+,24+,25-,26-,27+,28+,29-,30+,33+,34+/m0/s1. The Balaban J connectivity index is 1.22. The van der Waals surface area contributed by atoms with Crippen molar-refractivity contribution in [2.75, 3.05) is 54.9 Å². The Morgan fingerprint density at radius 1 is 0.519 bits per heavy atom. The first-order chi connectivity index (χ1) is 25.0. The second-order valence-corrected chi connectivity index (χ2v) is 13.0. The number of ether oxygens (including phenoxy) is 10. The minimum Gasteiger partial charge on any atom is -0.493 e. The first kappa shape index (κ1) is 38.5. The molecule has 0 aliphatic carbocycles. The lowest BCUT2D eigenvalue weighted by Gasteiger charge is -2.39. The first-order valence-corrected chi connectivity index (χ1v) is 16.7. The Bertz CT molecular complexity index is 1360. The van der Waals surface area contributed by atoms with Gasteiger partial charge in [0.1, 0.15) is 48.8 Å². The number of hydrogen-bond donors (Lipinski definition) is 8. The summed E-state index contributed by atoms with van der Waals surface area (Å²) in [5, 5.41) is 81.0. The fourth-order valence-corrected chi connectivity index (χ4v) is 7.16. The monoisotopic (exact) mass is 742 g/mol. The van der Waals surface area contributed by atoms with Crippen LogP contribution in [0.2, 0.25) is 0 Å². The molecule has 52 heavy (non-hydrogen) atoms. The van der Waals surface area contributed by atoms with E-state index in [-0.39, 0.29) is 46.3 Å². The molecule has 0 aromatic heterocycles. The van der Waals surface area contributed by atoms with E-state index in [2.05, 4.69) is 0 Å². The van der Waals surface area contributed by atoms with Crippen molar-refractivity contribution in [3.8, 4) is 34.5 Å². The average molecular weight is 743 g/mol. The van der Waals surface area contributed by atoms with E-state index in [1.165, 1.54) is 28.4 Å². The Labute approximate surface area is 298 Å². The van der Waals surface area contributed by atoms with Gasteiger partial charge in [0.25, 0.3) is 0 Å². The minimum atomic E-state index is -1.65. The van der Waals surface area contributed by atoms with Crippen molar-refractivity contribution in [2.24, 2.45) is 11.8 Å². The zero-order valence-corrected chi connectivity index (χ0v) is 28.9. The van der Waals surface area contributed by atoms with Crippen LogP contribution in [0.3, 0.4) is 0 Å². The Morgan fingerprint density at radius 2 is 0.846 bits per heavy atom. The first-order valence-electron chi connectivity index (χ1n) is 16.7. The molecule has 18 heteroatoms. The molecule has 4 aliphatic heterocycles. The van der Waals surface area contributed by atoms with Crippen LogP contribution in [0.4, 0.5) is 0 Å². The summed E-state index contributed by atoms with van der Waals surface area (Å²) in [6.07, 6.45) is -15.9. The van der Waals surface area contributed by atoms with E-state index in [1.807, 2.05) is 0 Å². The smallest absolute Gasteiger partial charge is 0.229 e. The van der Waals surface area contributed by atoms with E-state index >= 15 is 0 Å². The maximum Gasteiger partial charge on any atom is 0.229 e. The van der Waals surface area contributed by atoms with Crippen molar-refractivity contribution in [2.45, 2.75) is 73.6 Å². The molecule has 4 aliphatic rings. The lowest BCUT2D eigenvalue weighted by Crippen LogP contribution is -2.60. The minimum absolute atomic E-state index is 0.0541. The van der Waals surface area contributed by atoms with Gasteiger partial charge in [-0.1, -0.05) is 0 Å². The maximum absolute atomic E-state index is 10.5. The van der Waals surface area contributed by atoms with Gasteiger partial charge in [-0.2, -0.15) is 0 Å². The second kappa shape index (κ2) is 16.0. The molecule has 0 saturated carbocycles. The van der Waals surface area contributed by atoms with Crippen molar-refractivity contribution in [1.82, 2.24) is 0 Å². The summed E-state index contributed by atoms with van der Waals surface area (Å²) in [6, 6.07) is 6.78. The lowest BCUT2D eigenvalue weighted by molar-refractivity contribution is -0.277. The molecule has 0 spiro atoms. The van der Waals surface area contributed by atoms with Gasteiger partial charge in [-0.25, -0.2) is 0 Å². The van der Waals surface area contributed by atoms with Gasteiger partial charge in [0, 0.05) is 11.8 Å². The third-order valence-corrected chi connectivity index (χ3v) is 10.1. The molecule has 0 radical (unpaired) electrons. The van der Waals surface area contributed by atoms with Crippen LogP contribution in [-0.2, 0) is 18.9 Å².